The molecule has 0 unspecified atom stereocenters. The van der Waals surface area contributed by atoms with Crippen molar-refractivity contribution in [1.29, 1.82) is 0 Å². The molecule has 3 rings (SSSR count). The highest BCUT2D eigenvalue weighted by atomic mass is 35.5. The maximum absolute atomic E-state index is 12.2. The van der Waals surface area contributed by atoms with Crippen molar-refractivity contribution in [2.45, 2.75) is 0 Å². The van der Waals surface area contributed by atoms with Crippen LogP contribution in [-0.2, 0) is 9.53 Å². The lowest BCUT2D eigenvalue weighted by Gasteiger charge is -2.10. The Morgan fingerprint density at radius 2 is 1.46 bits per heavy atom. The quantitative estimate of drug-likeness (QED) is 0.533. The van der Waals surface area contributed by atoms with Crippen LogP contribution in [0.25, 0.3) is 0 Å². The maximum Gasteiger partial charge on any atom is 0.338 e. The van der Waals surface area contributed by atoms with Crippen LogP contribution in [0, 0.1) is 0 Å². The highest BCUT2D eigenvalue weighted by Crippen LogP contribution is 2.29. The summed E-state index contributed by atoms with van der Waals surface area (Å²) in [5.41, 5.74) is 0.530. The van der Waals surface area contributed by atoms with Crippen LogP contribution in [0.5, 0.6) is 11.5 Å². The molecular formula is C21H15Cl2NO4. The van der Waals surface area contributed by atoms with Gasteiger partial charge in [0.2, 0.25) is 0 Å². The van der Waals surface area contributed by atoms with Crippen LogP contribution >= 0.6 is 23.2 Å². The Labute approximate surface area is 171 Å². The normalized spacial score (nSPS) is 10.2. The lowest BCUT2D eigenvalue weighted by atomic mass is 10.2. The second-order valence-corrected chi connectivity index (χ2v) is 6.48. The molecule has 5 nitrogen and oxygen atoms in total. The van der Waals surface area contributed by atoms with Gasteiger partial charge < -0.3 is 14.8 Å². The van der Waals surface area contributed by atoms with Crippen LogP contribution in [0.3, 0.4) is 0 Å². The van der Waals surface area contributed by atoms with Gasteiger partial charge in [-0.2, -0.15) is 0 Å². The first-order valence-corrected chi connectivity index (χ1v) is 9.02. The Kier molecular flexibility index (Phi) is 6.53. The second kappa shape index (κ2) is 9.26. The molecule has 0 bridgehead atoms. The van der Waals surface area contributed by atoms with E-state index in [1.165, 1.54) is 6.07 Å². The topological polar surface area (TPSA) is 64.6 Å². The summed E-state index contributed by atoms with van der Waals surface area (Å²) in [6.45, 7) is -0.482. The molecular weight excluding hydrogens is 401 g/mol. The zero-order chi connectivity index (χ0) is 19.9. The summed E-state index contributed by atoms with van der Waals surface area (Å²) in [6, 6.07) is 20.5. The average molecular weight is 416 g/mol. The summed E-state index contributed by atoms with van der Waals surface area (Å²) in [5.74, 6) is -0.0871. The lowest BCUT2D eigenvalue weighted by Crippen LogP contribution is -2.21. The first kappa shape index (κ1) is 19.7. The molecule has 3 aromatic rings. The Morgan fingerprint density at radius 3 is 2.18 bits per heavy atom. The van der Waals surface area contributed by atoms with Crippen LogP contribution in [0.2, 0.25) is 10.0 Å². The Bertz CT molecular complexity index is 972. The van der Waals surface area contributed by atoms with E-state index in [9.17, 15) is 9.59 Å². The van der Waals surface area contributed by atoms with E-state index in [2.05, 4.69) is 5.32 Å². The number of carbonyl (C=O) groups excluding carboxylic acids is 2. The molecule has 0 saturated heterocycles. The third-order valence-electron chi connectivity index (χ3n) is 3.61. The number of carbonyl (C=O) groups is 2. The molecule has 0 spiro atoms. The van der Waals surface area contributed by atoms with E-state index in [0.29, 0.717) is 11.5 Å². The van der Waals surface area contributed by atoms with E-state index in [1.807, 2.05) is 18.2 Å². The summed E-state index contributed by atoms with van der Waals surface area (Å²) < 4.78 is 10.7. The zero-order valence-electron chi connectivity index (χ0n) is 14.5. The van der Waals surface area contributed by atoms with Crippen molar-refractivity contribution >= 4 is 40.8 Å². The predicted octanol–water partition coefficient (Wildman–Crippen LogP) is 5.58. The number of halogens is 2. The summed E-state index contributed by atoms with van der Waals surface area (Å²) in [6.07, 6.45) is 0. The third-order valence-corrected chi connectivity index (χ3v) is 4.24. The Morgan fingerprint density at radius 1 is 0.821 bits per heavy atom. The molecule has 0 radical (unpaired) electrons. The molecule has 0 saturated carbocycles. The number of para-hydroxylation sites is 2. The van der Waals surface area contributed by atoms with Gasteiger partial charge in [-0.25, -0.2) is 4.79 Å². The highest BCUT2D eigenvalue weighted by molar-refractivity contribution is 6.39. The van der Waals surface area contributed by atoms with Gasteiger partial charge in [0.25, 0.3) is 5.91 Å². The molecule has 7 heteroatoms. The number of ether oxygens (including phenoxy) is 2. The molecule has 142 valence electrons. The van der Waals surface area contributed by atoms with Gasteiger partial charge in [0.15, 0.2) is 6.61 Å². The number of benzene rings is 3. The van der Waals surface area contributed by atoms with Crippen LogP contribution in [0.4, 0.5) is 5.69 Å². The number of nitrogens with one attached hydrogen (secondary N) is 1. The number of rotatable bonds is 6. The summed E-state index contributed by atoms with van der Waals surface area (Å²) in [5, 5.41) is 3.10. The minimum absolute atomic E-state index is 0.261. The molecule has 3 aromatic carbocycles. The van der Waals surface area contributed by atoms with Gasteiger partial charge in [0.05, 0.1) is 21.3 Å². The summed E-state index contributed by atoms with van der Waals surface area (Å²) in [7, 11) is 0. The molecule has 0 aliphatic rings. The van der Waals surface area contributed by atoms with Crippen LogP contribution in [0.15, 0.2) is 72.8 Å². The van der Waals surface area contributed by atoms with Crippen LogP contribution in [0.1, 0.15) is 10.4 Å². The Hall–Kier alpha value is -3.02. The van der Waals surface area contributed by atoms with Gasteiger partial charge in [0.1, 0.15) is 11.5 Å². The SMILES string of the molecule is O=C(COC(=O)c1cccc(Oc2ccccc2)c1)Nc1c(Cl)cccc1Cl. The minimum atomic E-state index is -0.654. The predicted molar refractivity (Wildman–Crippen MR) is 108 cm³/mol. The van der Waals surface area contributed by atoms with Gasteiger partial charge in [-0.05, 0) is 42.5 Å². The van der Waals surface area contributed by atoms with Crippen molar-refractivity contribution in [1.82, 2.24) is 0 Å². The van der Waals surface area contributed by atoms with Gasteiger partial charge in [0, 0.05) is 0 Å². The van der Waals surface area contributed by atoms with Crippen LogP contribution in [-0.4, -0.2) is 18.5 Å². The Balaban J connectivity index is 1.59. The zero-order valence-corrected chi connectivity index (χ0v) is 16.0. The summed E-state index contributed by atoms with van der Waals surface area (Å²) in [4.78, 5) is 24.3. The van der Waals surface area contributed by atoms with Crippen molar-refractivity contribution in [3.05, 3.63) is 88.4 Å². The van der Waals surface area contributed by atoms with Crippen molar-refractivity contribution in [2.24, 2.45) is 0 Å². The fourth-order valence-electron chi connectivity index (χ4n) is 2.32. The van der Waals surface area contributed by atoms with Crippen molar-refractivity contribution < 1.29 is 19.1 Å². The molecule has 0 heterocycles. The van der Waals surface area contributed by atoms with E-state index in [4.69, 9.17) is 32.7 Å². The molecule has 1 amide bonds. The number of hydrogen-bond acceptors (Lipinski definition) is 4. The van der Waals surface area contributed by atoms with Gasteiger partial charge in [-0.15, -0.1) is 0 Å². The van der Waals surface area contributed by atoms with Gasteiger partial charge in [-0.3, -0.25) is 4.79 Å². The van der Waals surface area contributed by atoms with E-state index in [1.54, 1.807) is 48.5 Å². The number of hydrogen-bond donors (Lipinski definition) is 1. The van der Waals surface area contributed by atoms with Crippen molar-refractivity contribution in [2.75, 3.05) is 11.9 Å². The first-order chi connectivity index (χ1) is 13.5. The number of amides is 1. The van der Waals surface area contributed by atoms with E-state index in [-0.39, 0.29) is 21.3 Å². The first-order valence-electron chi connectivity index (χ1n) is 8.27. The largest absolute Gasteiger partial charge is 0.457 e. The smallest absolute Gasteiger partial charge is 0.338 e. The molecule has 0 aliphatic heterocycles. The number of esters is 1. The average Bonchev–Trinajstić information content (AvgIpc) is 2.70. The van der Waals surface area contributed by atoms with Crippen LogP contribution < -0.4 is 10.1 Å². The van der Waals surface area contributed by atoms with E-state index in [0.717, 1.165) is 0 Å². The fourth-order valence-corrected chi connectivity index (χ4v) is 2.81. The highest BCUT2D eigenvalue weighted by Gasteiger charge is 2.14. The molecule has 28 heavy (non-hydrogen) atoms. The summed E-state index contributed by atoms with van der Waals surface area (Å²) >= 11 is 12.0. The van der Waals surface area contributed by atoms with Crippen molar-refractivity contribution in [3.8, 4) is 11.5 Å². The standard InChI is InChI=1S/C21H15Cl2NO4/c22-17-10-5-11-18(23)20(17)24-19(25)13-27-21(26)14-6-4-9-16(12-14)28-15-7-2-1-3-8-15/h1-12H,13H2,(H,24,25). The molecule has 0 atom stereocenters. The molecule has 0 fully saturated rings. The second-order valence-electron chi connectivity index (χ2n) is 5.66. The maximum atomic E-state index is 12.2. The van der Waals surface area contributed by atoms with Gasteiger partial charge >= 0.3 is 5.97 Å². The molecule has 1 N–H and O–H groups in total. The van der Waals surface area contributed by atoms with E-state index >= 15 is 0 Å². The third kappa shape index (κ3) is 5.25. The fraction of sp³-hybridized carbons (Fsp3) is 0.0476. The number of anilines is 1. The van der Waals surface area contributed by atoms with E-state index < -0.39 is 18.5 Å². The van der Waals surface area contributed by atoms with Crippen molar-refractivity contribution in [3.63, 3.8) is 0 Å². The molecule has 0 aromatic heterocycles. The monoisotopic (exact) mass is 415 g/mol. The lowest BCUT2D eigenvalue weighted by molar-refractivity contribution is -0.119. The molecule has 0 aliphatic carbocycles. The van der Waals surface area contributed by atoms with Gasteiger partial charge in [-0.1, -0.05) is 53.5 Å². The minimum Gasteiger partial charge on any atom is -0.457 e.